The summed E-state index contributed by atoms with van der Waals surface area (Å²) in [6.07, 6.45) is 6.60. The highest BCUT2D eigenvalue weighted by Gasteiger charge is 2.23. The monoisotopic (exact) mass is 187 g/mol. The van der Waals surface area contributed by atoms with Crippen molar-refractivity contribution in [3.05, 3.63) is 35.8 Å². The molecule has 2 aromatic rings. The van der Waals surface area contributed by atoms with Gasteiger partial charge in [0, 0.05) is 12.7 Å². The number of hydrogen-bond acceptors (Lipinski definition) is 2. The first-order chi connectivity index (χ1) is 6.88. The minimum atomic E-state index is 0.546. The van der Waals surface area contributed by atoms with E-state index in [0.29, 0.717) is 6.54 Å². The smallest absolute Gasteiger partial charge is 0.137 e. The number of imidazole rings is 1. The summed E-state index contributed by atoms with van der Waals surface area (Å²) in [5.74, 6) is 0.790. The minimum Gasteiger partial charge on any atom is -0.325 e. The van der Waals surface area contributed by atoms with Crippen molar-refractivity contribution < 1.29 is 0 Å². The summed E-state index contributed by atoms with van der Waals surface area (Å²) in [5.41, 5.74) is 9.13. The van der Waals surface area contributed by atoms with Crippen molar-refractivity contribution in [1.82, 2.24) is 9.38 Å². The first kappa shape index (κ1) is 8.00. The lowest BCUT2D eigenvalue weighted by Crippen LogP contribution is -2.00. The number of rotatable bonds is 2. The Balaban J connectivity index is 2.15. The van der Waals surface area contributed by atoms with E-state index in [1.807, 2.05) is 6.20 Å². The standard InChI is InChI=1S/C11H13N3/c12-6-10-7-13-11-5-9(8-1-2-8)3-4-14(10)11/h3-5,7-8H,1-2,6,12H2. The largest absolute Gasteiger partial charge is 0.325 e. The third-order valence-electron chi connectivity index (χ3n) is 2.87. The van der Waals surface area contributed by atoms with Crippen molar-refractivity contribution in [3.8, 4) is 0 Å². The molecule has 1 aliphatic carbocycles. The van der Waals surface area contributed by atoms with Crippen LogP contribution < -0.4 is 5.73 Å². The third kappa shape index (κ3) is 1.13. The van der Waals surface area contributed by atoms with Gasteiger partial charge >= 0.3 is 0 Å². The lowest BCUT2D eigenvalue weighted by molar-refractivity contribution is 0.953. The van der Waals surface area contributed by atoms with Crippen molar-refractivity contribution in [1.29, 1.82) is 0 Å². The Bertz CT molecular complexity index is 468. The van der Waals surface area contributed by atoms with Crippen LogP contribution in [0.5, 0.6) is 0 Å². The van der Waals surface area contributed by atoms with E-state index in [2.05, 4.69) is 27.7 Å². The molecule has 1 fully saturated rings. The maximum Gasteiger partial charge on any atom is 0.137 e. The lowest BCUT2D eigenvalue weighted by atomic mass is 10.2. The zero-order valence-corrected chi connectivity index (χ0v) is 7.98. The van der Waals surface area contributed by atoms with Gasteiger partial charge in [-0.1, -0.05) is 0 Å². The molecule has 72 valence electrons. The van der Waals surface area contributed by atoms with Crippen molar-refractivity contribution in [3.63, 3.8) is 0 Å². The zero-order valence-electron chi connectivity index (χ0n) is 7.98. The zero-order chi connectivity index (χ0) is 9.54. The van der Waals surface area contributed by atoms with Crippen LogP contribution in [0.4, 0.5) is 0 Å². The molecule has 0 spiro atoms. The molecule has 0 radical (unpaired) electrons. The van der Waals surface area contributed by atoms with Gasteiger partial charge in [-0.15, -0.1) is 0 Å². The quantitative estimate of drug-likeness (QED) is 0.777. The number of aromatic nitrogens is 2. The Kier molecular flexibility index (Phi) is 1.61. The van der Waals surface area contributed by atoms with Gasteiger partial charge in [-0.3, -0.25) is 0 Å². The van der Waals surface area contributed by atoms with E-state index in [9.17, 15) is 0 Å². The summed E-state index contributed by atoms with van der Waals surface area (Å²) < 4.78 is 2.06. The van der Waals surface area contributed by atoms with Gasteiger partial charge in [-0.2, -0.15) is 0 Å². The molecule has 0 bridgehead atoms. The molecular weight excluding hydrogens is 174 g/mol. The van der Waals surface area contributed by atoms with Crippen LogP contribution in [0.15, 0.2) is 24.5 Å². The number of nitrogens with zero attached hydrogens (tertiary/aromatic N) is 2. The molecule has 0 aliphatic heterocycles. The summed E-state index contributed by atoms with van der Waals surface area (Å²) >= 11 is 0. The molecule has 2 N–H and O–H groups in total. The average Bonchev–Trinajstić information content (AvgIpc) is 2.98. The SMILES string of the molecule is NCc1cnc2cc(C3CC3)ccn12. The normalized spacial score (nSPS) is 16.4. The number of pyridine rings is 1. The summed E-state index contributed by atoms with van der Waals surface area (Å²) in [6, 6.07) is 4.36. The molecule has 0 saturated heterocycles. The molecule has 14 heavy (non-hydrogen) atoms. The van der Waals surface area contributed by atoms with Crippen LogP contribution in [-0.4, -0.2) is 9.38 Å². The number of nitrogens with two attached hydrogens (primary N) is 1. The van der Waals surface area contributed by atoms with Crippen molar-refractivity contribution >= 4 is 5.65 Å². The molecule has 2 heterocycles. The Labute approximate surface area is 82.6 Å². The van der Waals surface area contributed by atoms with Crippen molar-refractivity contribution in [2.24, 2.45) is 5.73 Å². The molecule has 3 heteroatoms. The van der Waals surface area contributed by atoms with Gasteiger partial charge in [0.2, 0.25) is 0 Å². The summed E-state index contributed by atoms with van der Waals surface area (Å²) in [7, 11) is 0. The lowest BCUT2D eigenvalue weighted by Gasteiger charge is -2.01. The van der Waals surface area contributed by atoms with Crippen LogP contribution >= 0.6 is 0 Å². The maximum absolute atomic E-state index is 5.61. The molecule has 3 rings (SSSR count). The van der Waals surface area contributed by atoms with E-state index in [1.54, 1.807) is 0 Å². The molecule has 0 aromatic carbocycles. The predicted molar refractivity (Wildman–Crippen MR) is 55.1 cm³/mol. The highest BCUT2D eigenvalue weighted by Crippen LogP contribution is 2.40. The molecule has 0 atom stereocenters. The van der Waals surface area contributed by atoms with E-state index in [-0.39, 0.29) is 0 Å². The van der Waals surface area contributed by atoms with Gasteiger partial charge in [-0.05, 0) is 36.5 Å². The van der Waals surface area contributed by atoms with Crippen molar-refractivity contribution in [2.45, 2.75) is 25.3 Å². The fraction of sp³-hybridized carbons (Fsp3) is 0.364. The molecular formula is C11H13N3. The average molecular weight is 187 g/mol. The Hall–Kier alpha value is -1.35. The van der Waals surface area contributed by atoms with Gasteiger partial charge in [0.1, 0.15) is 5.65 Å². The molecule has 1 saturated carbocycles. The van der Waals surface area contributed by atoms with Crippen LogP contribution in [0, 0.1) is 0 Å². The minimum absolute atomic E-state index is 0.546. The van der Waals surface area contributed by atoms with E-state index in [4.69, 9.17) is 5.73 Å². The Morgan fingerprint density at radius 2 is 2.36 bits per heavy atom. The highest BCUT2D eigenvalue weighted by molar-refractivity contribution is 5.45. The highest BCUT2D eigenvalue weighted by atomic mass is 15.0. The molecule has 1 aliphatic rings. The van der Waals surface area contributed by atoms with Gasteiger partial charge in [0.25, 0.3) is 0 Å². The fourth-order valence-electron chi connectivity index (χ4n) is 1.87. The second kappa shape index (κ2) is 2.82. The van der Waals surface area contributed by atoms with Crippen LogP contribution in [0.2, 0.25) is 0 Å². The summed E-state index contributed by atoms with van der Waals surface area (Å²) in [5, 5.41) is 0. The predicted octanol–water partition coefficient (Wildman–Crippen LogP) is 1.67. The van der Waals surface area contributed by atoms with E-state index in [1.165, 1.54) is 18.4 Å². The summed E-state index contributed by atoms with van der Waals surface area (Å²) in [4.78, 5) is 4.34. The second-order valence-corrected chi connectivity index (χ2v) is 3.92. The van der Waals surface area contributed by atoms with E-state index >= 15 is 0 Å². The van der Waals surface area contributed by atoms with Gasteiger partial charge in [0.05, 0.1) is 11.9 Å². The first-order valence-electron chi connectivity index (χ1n) is 5.04. The van der Waals surface area contributed by atoms with Crippen LogP contribution in [0.1, 0.15) is 30.0 Å². The van der Waals surface area contributed by atoms with Crippen molar-refractivity contribution in [2.75, 3.05) is 0 Å². The van der Waals surface area contributed by atoms with Crippen LogP contribution in [0.3, 0.4) is 0 Å². The molecule has 0 unspecified atom stereocenters. The van der Waals surface area contributed by atoms with Crippen LogP contribution in [-0.2, 0) is 6.54 Å². The molecule has 3 nitrogen and oxygen atoms in total. The molecule has 0 amide bonds. The van der Waals surface area contributed by atoms with Gasteiger partial charge in [0.15, 0.2) is 0 Å². The Morgan fingerprint density at radius 3 is 3.07 bits per heavy atom. The summed E-state index contributed by atoms with van der Waals surface area (Å²) in [6.45, 7) is 0.546. The van der Waals surface area contributed by atoms with E-state index < -0.39 is 0 Å². The number of fused-ring (bicyclic) bond motifs is 1. The maximum atomic E-state index is 5.61. The van der Waals surface area contributed by atoms with Crippen LogP contribution in [0.25, 0.3) is 5.65 Å². The fourth-order valence-corrected chi connectivity index (χ4v) is 1.87. The van der Waals surface area contributed by atoms with E-state index in [0.717, 1.165) is 17.3 Å². The van der Waals surface area contributed by atoms with Gasteiger partial charge < -0.3 is 10.1 Å². The van der Waals surface area contributed by atoms with Gasteiger partial charge in [-0.25, -0.2) is 4.98 Å². The second-order valence-electron chi connectivity index (χ2n) is 3.92. The Morgan fingerprint density at radius 1 is 1.50 bits per heavy atom. The number of hydrogen-bond donors (Lipinski definition) is 1. The first-order valence-corrected chi connectivity index (χ1v) is 5.04. The topological polar surface area (TPSA) is 43.3 Å². The molecule has 2 aromatic heterocycles. The third-order valence-corrected chi connectivity index (χ3v) is 2.87.